The highest BCUT2D eigenvalue weighted by molar-refractivity contribution is 7.15. The lowest BCUT2D eigenvalue weighted by atomic mass is 10.3. The summed E-state index contributed by atoms with van der Waals surface area (Å²) in [6, 6.07) is 0. The molecule has 0 aliphatic heterocycles. The second-order valence-corrected chi connectivity index (χ2v) is 5.32. The lowest BCUT2D eigenvalue weighted by molar-refractivity contribution is 0.104. The third-order valence-corrected chi connectivity index (χ3v) is 3.37. The SMILES string of the molecule is Cc1nc(C(=N)N(C)C)sc1C(=O)C=CN(C)C. The molecule has 0 atom stereocenters. The predicted molar refractivity (Wildman–Crippen MR) is 74.5 cm³/mol. The number of hydrogen-bond acceptors (Lipinski definition) is 5. The van der Waals surface area contributed by atoms with Crippen molar-refractivity contribution in [3.05, 3.63) is 27.9 Å². The van der Waals surface area contributed by atoms with Gasteiger partial charge in [0.25, 0.3) is 0 Å². The molecule has 0 bridgehead atoms. The quantitative estimate of drug-likeness (QED) is 0.389. The number of nitrogens with zero attached hydrogens (tertiary/aromatic N) is 3. The first kappa shape index (κ1) is 14.4. The lowest BCUT2D eigenvalue weighted by Gasteiger charge is -2.09. The molecule has 1 aromatic heterocycles. The van der Waals surface area contributed by atoms with Gasteiger partial charge in [-0.15, -0.1) is 11.3 Å². The maximum Gasteiger partial charge on any atom is 0.199 e. The van der Waals surface area contributed by atoms with E-state index in [0.29, 0.717) is 21.4 Å². The van der Waals surface area contributed by atoms with Gasteiger partial charge in [-0.2, -0.15) is 0 Å². The Bertz CT molecular complexity index is 488. The number of hydrogen-bond donors (Lipinski definition) is 1. The number of aromatic nitrogens is 1. The number of amidine groups is 1. The van der Waals surface area contributed by atoms with Crippen molar-refractivity contribution in [3.8, 4) is 0 Å². The fourth-order valence-electron chi connectivity index (χ4n) is 1.21. The van der Waals surface area contributed by atoms with Crippen LogP contribution in [0.2, 0.25) is 0 Å². The topological polar surface area (TPSA) is 60.3 Å². The normalized spacial score (nSPS) is 10.7. The Morgan fingerprint density at radius 1 is 1.33 bits per heavy atom. The third-order valence-electron chi connectivity index (χ3n) is 2.19. The van der Waals surface area contributed by atoms with Crippen LogP contribution in [-0.4, -0.2) is 54.6 Å². The summed E-state index contributed by atoms with van der Waals surface area (Å²) in [6.07, 6.45) is 3.22. The largest absolute Gasteiger partial charge is 0.383 e. The van der Waals surface area contributed by atoms with Crippen LogP contribution in [0.15, 0.2) is 12.3 Å². The van der Waals surface area contributed by atoms with Gasteiger partial charge in [0.15, 0.2) is 16.6 Å². The zero-order valence-corrected chi connectivity index (χ0v) is 12.1. The number of aryl methyl sites for hydroxylation is 1. The monoisotopic (exact) mass is 266 g/mol. The molecule has 98 valence electrons. The van der Waals surface area contributed by atoms with Crippen LogP contribution in [0.5, 0.6) is 0 Å². The van der Waals surface area contributed by atoms with E-state index in [-0.39, 0.29) is 5.78 Å². The van der Waals surface area contributed by atoms with Gasteiger partial charge >= 0.3 is 0 Å². The first-order valence-corrected chi connectivity index (χ1v) is 6.27. The molecule has 6 heteroatoms. The van der Waals surface area contributed by atoms with E-state index in [0.717, 1.165) is 0 Å². The van der Waals surface area contributed by atoms with Gasteiger partial charge in [-0.1, -0.05) is 0 Å². The fourth-order valence-corrected chi connectivity index (χ4v) is 2.23. The van der Waals surface area contributed by atoms with Crippen molar-refractivity contribution in [2.45, 2.75) is 6.92 Å². The van der Waals surface area contributed by atoms with Crippen molar-refractivity contribution >= 4 is 23.0 Å². The number of carbonyl (C=O) groups is 1. The molecule has 18 heavy (non-hydrogen) atoms. The average Bonchev–Trinajstić information content (AvgIpc) is 2.66. The van der Waals surface area contributed by atoms with E-state index in [1.807, 2.05) is 14.1 Å². The predicted octanol–water partition coefficient (Wildman–Crippen LogP) is 1.60. The Balaban J connectivity index is 2.98. The van der Waals surface area contributed by atoms with E-state index in [2.05, 4.69) is 4.98 Å². The number of rotatable bonds is 4. The molecule has 0 radical (unpaired) electrons. The molecule has 0 aliphatic rings. The molecule has 0 saturated carbocycles. The Labute approximate surface area is 111 Å². The van der Waals surface area contributed by atoms with Gasteiger partial charge in [-0.05, 0) is 6.92 Å². The molecule has 0 amide bonds. The molecule has 1 aromatic rings. The first-order valence-electron chi connectivity index (χ1n) is 5.45. The molecule has 1 heterocycles. The zero-order chi connectivity index (χ0) is 13.9. The molecular weight excluding hydrogens is 248 g/mol. The third kappa shape index (κ3) is 3.40. The summed E-state index contributed by atoms with van der Waals surface area (Å²) in [5.41, 5.74) is 0.676. The molecule has 1 N–H and O–H groups in total. The molecule has 1 rings (SSSR count). The van der Waals surface area contributed by atoms with Gasteiger partial charge < -0.3 is 9.80 Å². The van der Waals surface area contributed by atoms with Crippen molar-refractivity contribution in [2.75, 3.05) is 28.2 Å². The highest BCUT2D eigenvalue weighted by Crippen LogP contribution is 2.20. The van der Waals surface area contributed by atoms with Crippen LogP contribution in [0.25, 0.3) is 0 Å². The fraction of sp³-hybridized carbons (Fsp3) is 0.417. The summed E-state index contributed by atoms with van der Waals surface area (Å²) in [5, 5.41) is 8.41. The van der Waals surface area contributed by atoms with Crippen molar-refractivity contribution in [3.63, 3.8) is 0 Å². The highest BCUT2D eigenvalue weighted by atomic mass is 32.1. The minimum Gasteiger partial charge on any atom is -0.383 e. The van der Waals surface area contributed by atoms with E-state index in [4.69, 9.17) is 5.41 Å². The summed E-state index contributed by atoms with van der Waals surface area (Å²) >= 11 is 1.26. The standard InChI is InChI=1S/C12H18N4OS/c1-8-10(9(17)6-7-15(2)3)18-12(14-8)11(13)16(4)5/h6-7,13H,1-5H3. The van der Waals surface area contributed by atoms with Crippen molar-refractivity contribution in [2.24, 2.45) is 0 Å². The number of nitrogens with one attached hydrogen (secondary N) is 1. The van der Waals surface area contributed by atoms with Gasteiger partial charge in [0.1, 0.15) is 0 Å². The maximum atomic E-state index is 11.9. The van der Waals surface area contributed by atoms with E-state index in [1.54, 1.807) is 37.0 Å². The molecule has 5 nitrogen and oxygen atoms in total. The Morgan fingerprint density at radius 2 is 1.94 bits per heavy atom. The van der Waals surface area contributed by atoms with Crippen LogP contribution >= 0.6 is 11.3 Å². The minimum absolute atomic E-state index is 0.0727. The Morgan fingerprint density at radius 3 is 2.44 bits per heavy atom. The summed E-state index contributed by atoms with van der Waals surface area (Å²) in [5.74, 6) is 0.246. The van der Waals surface area contributed by atoms with Crippen LogP contribution < -0.4 is 0 Å². The van der Waals surface area contributed by atoms with Gasteiger partial charge in [0, 0.05) is 40.5 Å². The van der Waals surface area contributed by atoms with Crippen LogP contribution in [-0.2, 0) is 0 Å². The van der Waals surface area contributed by atoms with Crippen LogP contribution in [0, 0.1) is 12.3 Å². The molecule has 0 saturated heterocycles. The molecule has 0 unspecified atom stereocenters. The van der Waals surface area contributed by atoms with E-state index < -0.39 is 0 Å². The smallest absolute Gasteiger partial charge is 0.199 e. The summed E-state index contributed by atoms with van der Waals surface area (Å²) in [6.45, 7) is 1.79. The van der Waals surface area contributed by atoms with E-state index in [9.17, 15) is 4.79 Å². The second-order valence-electron chi connectivity index (χ2n) is 4.32. The Hall–Kier alpha value is -1.69. The lowest BCUT2D eigenvalue weighted by Crippen LogP contribution is -2.21. The number of ketones is 1. The van der Waals surface area contributed by atoms with E-state index >= 15 is 0 Å². The van der Waals surface area contributed by atoms with Crippen LogP contribution in [0.4, 0.5) is 0 Å². The van der Waals surface area contributed by atoms with Gasteiger partial charge in [0.05, 0.1) is 10.6 Å². The Kier molecular flexibility index (Phi) is 4.61. The van der Waals surface area contributed by atoms with Gasteiger partial charge in [-0.25, -0.2) is 4.98 Å². The minimum atomic E-state index is -0.0727. The molecular formula is C12H18N4OS. The zero-order valence-electron chi connectivity index (χ0n) is 11.3. The molecule has 0 spiro atoms. The van der Waals surface area contributed by atoms with E-state index in [1.165, 1.54) is 17.4 Å². The van der Waals surface area contributed by atoms with Crippen LogP contribution in [0.3, 0.4) is 0 Å². The molecule has 0 aliphatic carbocycles. The van der Waals surface area contributed by atoms with Gasteiger partial charge in [0.2, 0.25) is 0 Å². The van der Waals surface area contributed by atoms with Gasteiger partial charge in [-0.3, -0.25) is 10.2 Å². The van der Waals surface area contributed by atoms with Crippen molar-refractivity contribution in [1.82, 2.24) is 14.8 Å². The highest BCUT2D eigenvalue weighted by Gasteiger charge is 2.16. The average molecular weight is 266 g/mol. The maximum absolute atomic E-state index is 11.9. The first-order chi connectivity index (χ1) is 8.32. The molecule has 0 fully saturated rings. The van der Waals surface area contributed by atoms with Crippen molar-refractivity contribution < 1.29 is 4.79 Å². The van der Waals surface area contributed by atoms with Crippen LogP contribution in [0.1, 0.15) is 20.4 Å². The summed E-state index contributed by atoms with van der Waals surface area (Å²) in [4.78, 5) is 20.3. The molecule has 0 aromatic carbocycles. The number of carbonyl (C=O) groups excluding carboxylic acids is 1. The second kappa shape index (κ2) is 5.77. The number of allylic oxidation sites excluding steroid dienone is 1. The summed E-state index contributed by atoms with van der Waals surface area (Å²) < 4.78 is 0. The number of thiazole rings is 1. The van der Waals surface area contributed by atoms with Crippen molar-refractivity contribution in [1.29, 1.82) is 5.41 Å². The summed E-state index contributed by atoms with van der Waals surface area (Å²) in [7, 11) is 7.28.